The first-order valence-electron chi connectivity index (χ1n) is 6.10. The number of rotatable bonds is 1. The fourth-order valence-electron chi connectivity index (χ4n) is 2.36. The van der Waals surface area contributed by atoms with Crippen LogP contribution in [0.1, 0.15) is 15.9 Å². The number of nitrogens with one attached hydrogen (secondary N) is 1. The number of aromatic nitrogens is 2. The fraction of sp³-hybridized carbons (Fsp3) is 0.133. The van der Waals surface area contributed by atoms with Gasteiger partial charge in [-0.3, -0.25) is 9.78 Å². The van der Waals surface area contributed by atoms with Crippen molar-refractivity contribution in [3.8, 4) is 0 Å². The van der Waals surface area contributed by atoms with Crippen molar-refractivity contribution in [3.05, 3.63) is 52.1 Å². The summed E-state index contributed by atoms with van der Waals surface area (Å²) in [5.74, 6) is -0.420. The lowest BCUT2D eigenvalue weighted by Gasteiger charge is -2.08. The zero-order valence-corrected chi connectivity index (χ0v) is 11.1. The van der Waals surface area contributed by atoms with Gasteiger partial charge in [0.2, 0.25) is 0 Å². The number of methoxy groups -OCH3 is 1. The third-order valence-electron chi connectivity index (χ3n) is 3.37. The van der Waals surface area contributed by atoms with Gasteiger partial charge in [-0.25, -0.2) is 4.79 Å². The van der Waals surface area contributed by atoms with E-state index < -0.39 is 5.97 Å². The normalized spacial score (nSPS) is 10.9. The van der Waals surface area contributed by atoms with E-state index in [0.717, 1.165) is 16.3 Å². The molecule has 3 rings (SSSR count). The van der Waals surface area contributed by atoms with Gasteiger partial charge in [0.25, 0.3) is 5.56 Å². The maximum absolute atomic E-state index is 12.0. The topological polar surface area (TPSA) is 72.1 Å². The Morgan fingerprint density at radius 2 is 2.05 bits per heavy atom. The predicted molar refractivity (Wildman–Crippen MR) is 75.9 cm³/mol. The molecule has 100 valence electrons. The molecular weight excluding hydrogens is 256 g/mol. The highest BCUT2D eigenvalue weighted by Crippen LogP contribution is 2.24. The molecule has 0 aliphatic rings. The number of aromatic amines is 1. The van der Waals surface area contributed by atoms with Gasteiger partial charge in [-0.05, 0) is 30.7 Å². The molecule has 0 atom stereocenters. The highest BCUT2D eigenvalue weighted by atomic mass is 16.5. The van der Waals surface area contributed by atoms with Gasteiger partial charge in [-0.1, -0.05) is 0 Å². The van der Waals surface area contributed by atoms with Gasteiger partial charge in [0.1, 0.15) is 0 Å². The first-order chi connectivity index (χ1) is 9.61. The molecule has 0 fully saturated rings. The molecule has 0 spiro atoms. The van der Waals surface area contributed by atoms with E-state index in [9.17, 15) is 9.59 Å². The smallest absolute Gasteiger partial charge is 0.338 e. The van der Waals surface area contributed by atoms with Crippen LogP contribution < -0.4 is 5.56 Å². The monoisotopic (exact) mass is 268 g/mol. The maximum atomic E-state index is 12.0. The first kappa shape index (κ1) is 12.3. The fourth-order valence-corrected chi connectivity index (χ4v) is 2.36. The molecule has 0 aliphatic carbocycles. The molecule has 0 saturated heterocycles. The minimum Gasteiger partial charge on any atom is -0.465 e. The van der Waals surface area contributed by atoms with Crippen LogP contribution in [0.2, 0.25) is 0 Å². The van der Waals surface area contributed by atoms with E-state index in [1.165, 1.54) is 7.11 Å². The van der Waals surface area contributed by atoms with Gasteiger partial charge in [0.15, 0.2) is 0 Å². The van der Waals surface area contributed by atoms with Crippen molar-refractivity contribution in [1.29, 1.82) is 0 Å². The standard InChI is InChI=1S/C15H12N2O3/c1-8-5-11-12-7-16-4-3-9(12)14(18)17-13(11)6-10(8)15(19)20-2/h3-7H,1-2H3,(H,17,18). The van der Waals surface area contributed by atoms with Gasteiger partial charge >= 0.3 is 5.97 Å². The molecule has 0 saturated carbocycles. The van der Waals surface area contributed by atoms with E-state index in [0.29, 0.717) is 16.5 Å². The minimum atomic E-state index is -0.420. The summed E-state index contributed by atoms with van der Waals surface area (Å²) in [4.78, 5) is 30.6. The lowest BCUT2D eigenvalue weighted by Crippen LogP contribution is -2.09. The van der Waals surface area contributed by atoms with Crippen molar-refractivity contribution in [1.82, 2.24) is 9.97 Å². The van der Waals surface area contributed by atoms with E-state index in [1.807, 2.05) is 13.0 Å². The molecule has 1 N–H and O–H groups in total. The van der Waals surface area contributed by atoms with E-state index in [4.69, 9.17) is 4.74 Å². The molecule has 5 nitrogen and oxygen atoms in total. The first-order valence-corrected chi connectivity index (χ1v) is 6.10. The van der Waals surface area contributed by atoms with Crippen LogP contribution in [0.4, 0.5) is 0 Å². The van der Waals surface area contributed by atoms with Gasteiger partial charge in [0, 0.05) is 28.7 Å². The van der Waals surface area contributed by atoms with Crippen molar-refractivity contribution < 1.29 is 9.53 Å². The average molecular weight is 268 g/mol. The number of carbonyl (C=O) groups excluding carboxylic acids is 1. The summed E-state index contributed by atoms with van der Waals surface area (Å²) >= 11 is 0. The largest absolute Gasteiger partial charge is 0.465 e. The molecule has 2 aromatic heterocycles. The molecule has 3 aromatic rings. The number of hydrogen-bond donors (Lipinski definition) is 1. The van der Waals surface area contributed by atoms with Gasteiger partial charge in [-0.2, -0.15) is 0 Å². The number of aryl methyl sites for hydroxylation is 1. The van der Waals surface area contributed by atoms with Crippen LogP contribution in [-0.4, -0.2) is 23.0 Å². The number of hydrogen-bond acceptors (Lipinski definition) is 4. The Morgan fingerprint density at radius 3 is 2.80 bits per heavy atom. The zero-order chi connectivity index (χ0) is 14.3. The van der Waals surface area contributed by atoms with Crippen LogP contribution in [0.25, 0.3) is 21.7 Å². The zero-order valence-electron chi connectivity index (χ0n) is 11.1. The summed E-state index contributed by atoms with van der Waals surface area (Å²) < 4.78 is 4.74. The number of nitrogens with zero attached hydrogens (tertiary/aromatic N) is 1. The van der Waals surface area contributed by atoms with Gasteiger partial charge in [-0.15, -0.1) is 0 Å². The third-order valence-corrected chi connectivity index (χ3v) is 3.37. The lowest BCUT2D eigenvalue weighted by atomic mass is 10.0. The number of fused-ring (bicyclic) bond motifs is 3. The van der Waals surface area contributed by atoms with E-state index >= 15 is 0 Å². The molecule has 0 amide bonds. The Labute approximate surface area is 114 Å². The summed E-state index contributed by atoms with van der Waals surface area (Å²) in [5.41, 5.74) is 1.64. The van der Waals surface area contributed by atoms with Crippen molar-refractivity contribution in [2.75, 3.05) is 7.11 Å². The van der Waals surface area contributed by atoms with Crippen LogP contribution in [-0.2, 0) is 4.74 Å². The number of pyridine rings is 2. The number of esters is 1. The molecule has 0 aliphatic heterocycles. The Kier molecular flexibility index (Phi) is 2.75. The van der Waals surface area contributed by atoms with Crippen LogP contribution in [0.15, 0.2) is 35.4 Å². The average Bonchev–Trinajstić information content (AvgIpc) is 2.47. The summed E-state index contributed by atoms with van der Waals surface area (Å²) in [6.45, 7) is 1.83. The quantitative estimate of drug-likeness (QED) is 0.542. The summed E-state index contributed by atoms with van der Waals surface area (Å²) in [6.07, 6.45) is 3.24. The Hall–Kier alpha value is -2.69. The lowest BCUT2D eigenvalue weighted by molar-refractivity contribution is 0.0600. The van der Waals surface area contributed by atoms with E-state index in [1.54, 1.807) is 24.5 Å². The second kappa shape index (κ2) is 4.45. The molecule has 20 heavy (non-hydrogen) atoms. The Balaban J connectivity index is 2.46. The SMILES string of the molecule is COC(=O)c1cc2[nH]c(=O)c3ccncc3c2cc1C. The number of H-pyrrole nitrogens is 1. The van der Waals surface area contributed by atoms with Crippen molar-refractivity contribution >= 4 is 27.6 Å². The third kappa shape index (κ3) is 1.75. The molecule has 0 unspecified atom stereocenters. The van der Waals surface area contributed by atoms with Gasteiger partial charge < -0.3 is 9.72 Å². The molecule has 2 heterocycles. The highest BCUT2D eigenvalue weighted by Gasteiger charge is 2.13. The van der Waals surface area contributed by atoms with Crippen molar-refractivity contribution in [3.63, 3.8) is 0 Å². The maximum Gasteiger partial charge on any atom is 0.338 e. The summed E-state index contributed by atoms with van der Waals surface area (Å²) in [5, 5.41) is 2.21. The molecule has 5 heteroatoms. The van der Waals surface area contributed by atoms with Crippen molar-refractivity contribution in [2.45, 2.75) is 6.92 Å². The van der Waals surface area contributed by atoms with Crippen molar-refractivity contribution in [2.24, 2.45) is 0 Å². The van der Waals surface area contributed by atoms with Crippen LogP contribution in [0.5, 0.6) is 0 Å². The molecule has 1 aromatic carbocycles. The minimum absolute atomic E-state index is 0.199. The molecule has 0 radical (unpaired) electrons. The van der Waals surface area contributed by atoms with Crippen LogP contribution >= 0.6 is 0 Å². The highest BCUT2D eigenvalue weighted by molar-refractivity contribution is 6.07. The number of ether oxygens (including phenoxy) is 1. The van der Waals surface area contributed by atoms with E-state index in [-0.39, 0.29) is 5.56 Å². The molecular formula is C15H12N2O3. The molecule has 0 bridgehead atoms. The van der Waals surface area contributed by atoms with Crippen LogP contribution in [0.3, 0.4) is 0 Å². The Bertz CT molecular complexity index is 897. The Morgan fingerprint density at radius 1 is 1.25 bits per heavy atom. The van der Waals surface area contributed by atoms with E-state index in [2.05, 4.69) is 9.97 Å². The second-order valence-electron chi connectivity index (χ2n) is 4.58. The van der Waals surface area contributed by atoms with Gasteiger partial charge in [0.05, 0.1) is 18.1 Å². The van der Waals surface area contributed by atoms with Crippen LogP contribution in [0, 0.1) is 6.92 Å². The predicted octanol–water partition coefficient (Wildman–Crippen LogP) is 2.17. The number of carbonyl (C=O) groups is 1. The second-order valence-corrected chi connectivity index (χ2v) is 4.58. The summed E-state index contributed by atoms with van der Waals surface area (Å²) in [6, 6.07) is 5.18. The summed E-state index contributed by atoms with van der Waals surface area (Å²) in [7, 11) is 1.33. The number of benzene rings is 1.